The predicted molar refractivity (Wildman–Crippen MR) is 90.2 cm³/mol. The molecule has 0 saturated carbocycles. The summed E-state index contributed by atoms with van der Waals surface area (Å²) in [4.78, 5) is 2.31. The molecular weight excluding hydrogens is 266 g/mol. The zero-order valence-corrected chi connectivity index (χ0v) is 15.6. The van der Waals surface area contributed by atoms with Crippen LogP contribution in [0.25, 0.3) is 0 Å². The predicted octanol–water partition coefficient (Wildman–Crippen LogP) is 3.79. The number of hydrogen-bond acceptors (Lipinski definition) is 2. The van der Waals surface area contributed by atoms with Gasteiger partial charge in [0.05, 0.1) is 8.07 Å². The second-order valence-corrected chi connectivity index (χ2v) is 16.9. The van der Waals surface area contributed by atoms with Crippen LogP contribution in [0.15, 0.2) is 24.3 Å². The molecule has 1 rings (SSSR count). The van der Waals surface area contributed by atoms with E-state index in [4.69, 9.17) is 4.43 Å². The lowest BCUT2D eigenvalue weighted by Gasteiger charge is -2.26. The summed E-state index contributed by atoms with van der Waals surface area (Å²) < 4.78 is 5.99. The highest BCUT2D eigenvalue weighted by molar-refractivity contribution is 6.77. The van der Waals surface area contributed by atoms with E-state index in [-0.39, 0.29) is 0 Å². The second-order valence-electron chi connectivity index (χ2n) is 7.44. The van der Waals surface area contributed by atoms with Crippen molar-refractivity contribution < 1.29 is 4.43 Å². The number of benzene rings is 1. The average molecular weight is 296 g/mol. The second kappa shape index (κ2) is 6.24. The smallest absolute Gasteiger partial charge is 0.242 e. The van der Waals surface area contributed by atoms with E-state index in [2.05, 4.69) is 76.0 Å². The Bertz CT molecular complexity index is 394. The van der Waals surface area contributed by atoms with Gasteiger partial charge in [0.2, 0.25) is 8.32 Å². The topological polar surface area (TPSA) is 12.5 Å². The molecular formula is C15H29NOSi2. The monoisotopic (exact) mass is 295 g/mol. The minimum Gasteiger partial charge on any atom is -0.544 e. The summed E-state index contributed by atoms with van der Waals surface area (Å²) in [6.45, 7) is 11.6. The van der Waals surface area contributed by atoms with E-state index in [0.717, 1.165) is 5.75 Å². The number of hydrogen-bond donors (Lipinski definition) is 0. The molecule has 0 fully saturated rings. The van der Waals surface area contributed by atoms with Crippen molar-refractivity contribution >= 4 is 16.4 Å². The van der Waals surface area contributed by atoms with Crippen LogP contribution in [0.4, 0.5) is 0 Å². The molecule has 2 nitrogen and oxygen atoms in total. The molecule has 0 unspecified atom stereocenters. The molecule has 0 spiro atoms. The first-order chi connectivity index (χ1) is 8.57. The van der Waals surface area contributed by atoms with Gasteiger partial charge in [0, 0.05) is 0 Å². The van der Waals surface area contributed by atoms with Crippen LogP contribution in [-0.4, -0.2) is 41.6 Å². The van der Waals surface area contributed by atoms with Gasteiger partial charge in [-0.3, -0.25) is 0 Å². The molecule has 0 radical (unpaired) electrons. The summed E-state index contributed by atoms with van der Waals surface area (Å²) in [5, 5.41) is 0. The lowest BCUT2D eigenvalue weighted by atomic mass is 10.2. The van der Waals surface area contributed by atoms with Crippen LogP contribution in [0.2, 0.25) is 32.7 Å². The summed E-state index contributed by atoms with van der Waals surface area (Å²) >= 11 is 0. The Morgan fingerprint density at radius 1 is 0.947 bits per heavy atom. The van der Waals surface area contributed by atoms with Gasteiger partial charge in [0.1, 0.15) is 5.75 Å². The van der Waals surface area contributed by atoms with Crippen LogP contribution in [0.5, 0.6) is 5.75 Å². The third-order valence-electron chi connectivity index (χ3n) is 2.77. The fourth-order valence-corrected chi connectivity index (χ4v) is 6.50. The van der Waals surface area contributed by atoms with Crippen molar-refractivity contribution in [3.8, 4) is 5.75 Å². The van der Waals surface area contributed by atoms with Crippen molar-refractivity contribution in [2.24, 2.45) is 0 Å². The minimum absolute atomic E-state index is 1.02. The largest absolute Gasteiger partial charge is 0.544 e. The molecule has 0 atom stereocenters. The summed E-state index contributed by atoms with van der Waals surface area (Å²) in [7, 11) is 1.67. The van der Waals surface area contributed by atoms with E-state index >= 15 is 0 Å². The maximum absolute atomic E-state index is 5.99. The normalized spacial score (nSPS) is 12.8. The summed E-state index contributed by atoms with van der Waals surface area (Å²) in [5.74, 6) is 1.02. The lowest BCUT2D eigenvalue weighted by Crippen LogP contribution is -2.41. The van der Waals surface area contributed by atoms with Crippen LogP contribution in [-0.2, 0) is 6.04 Å². The Kier molecular flexibility index (Phi) is 5.41. The molecule has 0 aliphatic carbocycles. The van der Waals surface area contributed by atoms with Crippen molar-refractivity contribution in [1.29, 1.82) is 0 Å². The molecule has 0 saturated heterocycles. The van der Waals surface area contributed by atoms with Crippen LogP contribution in [0.1, 0.15) is 5.56 Å². The van der Waals surface area contributed by atoms with Gasteiger partial charge >= 0.3 is 0 Å². The van der Waals surface area contributed by atoms with E-state index < -0.39 is 16.4 Å². The molecule has 0 aromatic heterocycles. The quantitative estimate of drug-likeness (QED) is 0.740. The molecule has 0 N–H and O–H groups in total. The third kappa shape index (κ3) is 6.94. The molecule has 0 amide bonds. The van der Waals surface area contributed by atoms with Gasteiger partial charge in [0.25, 0.3) is 0 Å². The van der Waals surface area contributed by atoms with E-state index in [1.54, 1.807) is 0 Å². The first-order valence-corrected chi connectivity index (χ1v) is 13.8. The first-order valence-electron chi connectivity index (χ1n) is 7.00. The Morgan fingerprint density at radius 2 is 1.47 bits per heavy atom. The third-order valence-corrected chi connectivity index (χ3v) is 6.48. The van der Waals surface area contributed by atoms with Crippen molar-refractivity contribution in [3.63, 3.8) is 0 Å². The van der Waals surface area contributed by atoms with Crippen LogP contribution in [0, 0.1) is 0 Å². The van der Waals surface area contributed by atoms with E-state index in [9.17, 15) is 0 Å². The fourth-order valence-electron chi connectivity index (χ4n) is 2.49. The van der Waals surface area contributed by atoms with E-state index in [0.29, 0.717) is 0 Å². The fraction of sp³-hybridized carbons (Fsp3) is 0.600. The maximum atomic E-state index is 5.99. The van der Waals surface area contributed by atoms with Gasteiger partial charge in [-0.15, -0.1) is 0 Å². The summed E-state index contributed by atoms with van der Waals surface area (Å²) in [6, 6.07) is 9.97. The van der Waals surface area contributed by atoms with Gasteiger partial charge < -0.3 is 9.33 Å². The molecule has 1 aromatic carbocycles. The maximum Gasteiger partial charge on any atom is 0.242 e. The Morgan fingerprint density at radius 3 is 1.89 bits per heavy atom. The highest BCUT2D eigenvalue weighted by Gasteiger charge is 2.22. The van der Waals surface area contributed by atoms with Crippen molar-refractivity contribution in [2.45, 2.75) is 38.8 Å². The van der Waals surface area contributed by atoms with Crippen LogP contribution < -0.4 is 4.43 Å². The zero-order valence-electron chi connectivity index (χ0n) is 13.6. The zero-order chi connectivity index (χ0) is 14.7. The standard InChI is InChI=1S/C15H29NOSi2/c1-16(2)13-19(6,7)12-14-8-10-15(11-9-14)17-18(3,4)5/h8-11H,12-13H2,1-7H3. The van der Waals surface area contributed by atoms with Gasteiger partial charge in [-0.25, -0.2) is 0 Å². The lowest BCUT2D eigenvalue weighted by molar-refractivity contribution is 0.469. The van der Waals surface area contributed by atoms with Crippen molar-refractivity contribution in [3.05, 3.63) is 29.8 Å². The van der Waals surface area contributed by atoms with Gasteiger partial charge in [-0.05, 0) is 58.1 Å². The first kappa shape index (κ1) is 16.5. The number of nitrogens with zero attached hydrogens (tertiary/aromatic N) is 1. The molecule has 1 aromatic rings. The Balaban J connectivity index is 2.67. The summed E-state index contributed by atoms with van der Waals surface area (Å²) in [5.41, 5.74) is 1.45. The molecule has 19 heavy (non-hydrogen) atoms. The molecule has 0 aliphatic rings. The SMILES string of the molecule is CN(C)C[Si](C)(C)Cc1ccc(O[Si](C)(C)C)cc1. The molecule has 108 valence electrons. The van der Waals surface area contributed by atoms with E-state index in [1.807, 2.05) is 0 Å². The molecule has 0 bridgehead atoms. The molecule has 4 heteroatoms. The highest BCUT2D eigenvalue weighted by Crippen LogP contribution is 2.19. The van der Waals surface area contributed by atoms with E-state index in [1.165, 1.54) is 17.8 Å². The number of rotatable bonds is 6. The Hall–Kier alpha value is -0.586. The van der Waals surface area contributed by atoms with Crippen LogP contribution in [0.3, 0.4) is 0 Å². The molecule has 0 heterocycles. The van der Waals surface area contributed by atoms with Crippen molar-refractivity contribution in [1.82, 2.24) is 4.90 Å². The highest BCUT2D eigenvalue weighted by atomic mass is 28.4. The minimum atomic E-state index is -1.48. The Labute approximate surface area is 120 Å². The molecule has 0 aliphatic heterocycles. The summed E-state index contributed by atoms with van der Waals surface area (Å²) in [6.07, 6.45) is 1.24. The van der Waals surface area contributed by atoms with Crippen LogP contribution >= 0.6 is 0 Å². The average Bonchev–Trinajstić information content (AvgIpc) is 2.16. The van der Waals surface area contributed by atoms with Crippen molar-refractivity contribution in [2.75, 3.05) is 20.3 Å². The van der Waals surface area contributed by atoms with Gasteiger partial charge in [-0.2, -0.15) is 0 Å². The van der Waals surface area contributed by atoms with Gasteiger partial charge in [-0.1, -0.05) is 30.8 Å². The van der Waals surface area contributed by atoms with Gasteiger partial charge in [0.15, 0.2) is 0 Å².